The van der Waals surface area contributed by atoms with E-state index >= 15 is 0 Å². The van der Waals surface area contributed by atoms with Crippen molar-refractivity contribution in [2.24, 2.45) is 5.92 Å². The first-order valence-electron chi connectivity index (χ1n) is 5.30. The fraction of sp³-hybridized carbons (Fsp3) is 0.800. The molecule has 0 aliphatic heterocycles. The van der Waals surface area contributed by atoms with Crippen molar-refractivity contribution in [1.29, 1.82) is 0 Å². The normalized spacial score (nSPS) is 24.5. The van der Waals surface area contributed by atoms with Crippen LogP contribution in [0.25, 0.3) is 0 Å². The number of rotatable bonds is 5. The standard InChI is InChI=1S/C10H17N3O2/c1-7-5-10(7)13-9(3-4-15-2)8(6-14)11-12-13/h7,10,14H,3-6H2,1-2H3. The average Bonchev–Trinajstić information content (AvgIpc) is 2.81. The summed E-state index contributed by atoms with van der Waals surface area (Å²) >= 11 is 0. The van der Waals surface area contributed by atoms with Crippen molar-refractivity contribution in [3.63, 3.8) is 0 Å². The molecule has 2 rings (SSSR count). The number of nitrogens with zero attached hydrogens (tertiary/aromatic N) is 3. The molecule has 1 aliphatic carbocycles. The maximum Gasteiger partial charge on any atom is 0.111 e. The molecule has 1 aliphatic rings. The number of aromatic nitrogens is 3. The summed E-state index contributed by atoms with van der Waals surface area (Å²) in [5, 5.41) is 17.2. The molecule has 0 amide bonds. The number of methoxy groups -OCH3 is 1. The highest BCUT2D eigenvalue weighted by Gasteiger charge is 2.37. The van der Waals surface area contributed by atoms with Gasteiger partial charge >= 0.3 is 0 Å². The molecule has 1 aromatic heterocycles. The molecule has 0 spiro atoms. The first-order chi connectivity index (χ1) is 7.27. The third-order valence-electron chi connectivity index (χ3n) is 2.95. The molecule has 1 N–H and O–H groups in total. The van der Waals surface area contributed by atoms with Crippen molar-refractivity contribution in [2.75, 3.05) is 13.7 Å². The third kappa shape index (κ3) is 2.03. The van der Waals surface area contributed by atoms with E-state index < -0.39 is 0 Å². The lowest BCUT2D eigenvalue weighted by Crippen LogP contribution is -2.08. The van der Waals surface area contributed by atoms with Crippen molar-refractivity contribution in [2.45, 2.75) is 32.4 Å². The van der Waals surface area contributed by atoms with Gasteiger partial charge in [0.15, 0.2) is 0 Å². The smallest absolute Gasteiger partial charge is 0.111 e. The molecule has 2 atom stereocenters. The van der Waals surface area contributed by atoms with Crippen molar-refractivity contribution in [1.82, 2.24) is 15.0 Å². The Bertz CT molecular complexity index is 337. The van der Waals surface area contributed by atoms with E-state index in [1.807, 2.05) is 4.68 Å². The van der Waals surface area contributed by atoms with E-state index in [0.29, 0.717) is 24.3 Å². The first kappa shape index (κ1) is 10.6. The van der Waals surface area contributed by atoms with E-state index in [-0.39, 0.29) is 6.61 Å². The third-order valence-corrected chi connectivity index (χ3v) is 2.95. The minimum atomic E-state index is -0.0415. The lowest BCUT2D eigenvalue weighted by molar-refractivity contribution is 0.199. The van der Waals surface area contributed by atoms with E-state index in [0.717, 1.165) is 18.5 Å². The van der Waals surface area contributed by atoms with Crippen LogP contribution in [0.1, 0.15) is 30.8 Å². The number of aliphatic hydroxyl groups excluding tert-OH is 1. The van der Waals surface area contributed by atoms with Gasteiger partial charge in [0, 0.05) is 13.5 Å². The van der Waals surface area contributed by atoms with E-state index in [1.165, 1.54) is 0 Å². The molecule has 15 heavy (non-hydrogen) atoms. The van der Waals surface area contributed by atoms with E-state index in [4.69, 9.17) is 9.84 Å². The molecule has 0 saturated heterocycles. The fourth-order valence-corrected chi connectivity index (χ4v) is 1.84. The highest BCUT2D eigenvalue weighted by Crippen LogP contribution is 2.42. The van der Waals surface area contributed by atoms with Crippen LogP contribution in [0.3, 0.4) is 0 Å². The van der Waals surface area contributed by atoms with Gasteiger partial charge in [0.25, 0.3) is 0 Å². The maximum atomic E-state index is 9.14. The Hall–Kier alpha value is -0.940. The van der Waals surface area contributed by atoms with Gasteiger partial charge in [-0.15, -0.1) is 5.10 Å². The highest BCUT2D eigenvalue weighted by molar-refractivity contribution is 5.12. The van der Waals surface area contributed by atoms with Gasteiger partial charge in [0.2, 0.25) is 0 Å². The van der Waals surface area contributed by atoms with Crippen LogP contribution in [-0.4, -0.2) is 33.8 Å². The van der Waals surface area contributed by atoms with Crippen LogP contribution in [0.2, 0.25) is 0 Å². The zero-order valence-electron chi connectivity index (χ0n) is 9.18. The van der Waals surface area contributed by atoms with Crippen molar-refractivity contribution < 1.29 is 9.84 Å². The van der Waals surface area contributed by atoms with Crippen LogP contribution in [0.4, 0.5) is 0 Å². The molecule has 0 radical (unpaired) electrons. The first-order valence-corrected chi connectivity index (χ1v) is 5.30. The van der Waals surface area contributed by atoms with Gasteiger partial charge in [-0.05, 0) is 12.3 Å². The second kappa shape index (κ2) is 4.28. The zero-order chi connectivity index (χ0) is 10.8. The Kier molecular flexibility index (Phi) is 3.02. The summed E-state index contributed by atoms with van der Waals surface area (Å²) in [6.45, 7) is 2.80. The van der Waals surface area contributed by atoms with E-state index in [2.05, 4.69) is 17.2 Å². The van der Waals surface area contributed by atoms with Crippen molar-refractivity contribution in [3.05, 3.63) is 11.4 Å². The minimum Gasteiger partial charge on any atom is -0.390 e. The molecule has 0 bridgehead atoms. The number of ether oxygens (including phenoxy) is 1. The van der Waals surface area contributed by atoms with Crippen molar-refractivity contribution in [3.8, 4) is 0 Å². The molecule has 84 valence electrons. The molecule has 5 nitrogen and oxygen atoms in total. The number of aliphatic hydroxyl groups is 1. The van der Waals surface area contributed by atoms with Crippen LogP contribution in [-0.2, 0) is 17.8 Å². The average molecular weight is 211 g/mol. The van der Waals surface area contributed by atoms with Crippen LogP contribution < -0.4 is 0 Å². The SMILES string of the molecule is COCCc1c(CO)nnn1C1CC1C. The number of hydrogen-bond donors (Lipinski definition) is 1. The summed E-state index contributed by atoms with van der Waals surface area (Å²) in [5.41, 5.74) is 1.71. The molecule has 1 fully saturated rings. The molecular formula is C10H17N3O2. The predicted molar refractivity (Wildman–Crippen MR) is 54.3 cm³/mol. The quantitative estimate of drug-likeness (QED) is 0.772. The summed E-state index contributed by atoms with van der Waals surface area (Å²) in [5.74, 6) is 0.680. The van der Waals surface area contributed by atoms with Gasteiger partial charge in [0.1, 0.15) is 5.69 Å². The summed E-state index contributed by atoms with van der Waals surface area (Å²) in [6, 6.07) is 0.477. The zero-order valence-corrected chi connectivity index (χ0v) is 9.18. The molecule has 5 heteroatoms. The topological polar surface area (TPSA) is 60.2 Å². The lowest BCUT2D eigenvalue weighted by atomic mass is 10.2. The van der Waals surface area contributed by atoms with Gasteiger partial charge in [0.05, 0.1) is 24.9 Å². The highest BCUT2D eigenvalue weighted by atomic mass is 16.5. The Balaban J connectivity index is 2.17. The summed E-state index contributed by atoms with van der Waals surface area (Å²) in [7, 11) is 1.67. The van der Waals surface area contributed by atoms with Crippen LogP contribution >= 0.6 is 0 Å². The Morgan fingerprint density at radius 2 is 2.33 bits per heavy atom. The molecule has 1 aromatic rings. The Labute approximate surface area is 89.0 Å². The molecule has 0 aromatic carbocycles. The van der Waals surface area contributed by atoms with E-state index in [9.17, 15) is 0 Å². The van der Waals surface area contributed by atoms with Gasteiger partial charge in [-0.1, -0.05) is 12.1 Å². The molecular weight excluding hydrogens is 194 g/mol. The monoisotopic (exact) mass is 211 g/mol. The molecule has 1 saturated carbocycles. The lowest BCUT2D eigenvalue weighted by Gasteiger charge is -2.05. The molecule has 2 unspecified atom stereocenters. The maximum absolute atomic E-state index is 9.14. The van der Waals surface area contributed by atoms with Gasteiger partial charge < -0.3 is 9.84 Å². The second-order valence-electron chi connectivity index (χ2n) is 4.11. The summed E-state index contributed by atoms with van der Waals surface area (Å²) in [6.07, 6.45) is 1.93. The molecule has 1 heterocycles. The summed E-state index contributed by atoms with van der Waals surface area (Å²) in [4.78, 5) is 0. The Morgan fingerprint density at radius 3 is 2.87 bits per heavy atom. The van der Waals surface area contributed by atoms with Crippen LogP contribution in [0, 0.1) is 5.92 Å². The fourth-order valence-electron chi connectivity index (χ4n) is 1.84. The summed E-state index contributed by atoms with van der Waals surface area (Å²) < 4.78 is 7.00. The van der Waals surface area contributed by atoms with Crippen molar-refractivity contribution >= 4 is 0 Å². The number of hydrogen-bond acceptors (Lipinski definition) is 4. The Morgan fingerprint density at radius 1 is 1.60 bits per heavy atom. The van der Waals surface area contributed by atoms with Gasteiger partial charge in [-0.3, -0.25) is 0 Å². The van der Waals surface area contributed by atoms with Gasteiger partial charge in [-0.25, -0.2) is 4.68 Å². The van der Waals surface area contributed by atoms with Crippen LogP contribution in [0.5, 0.6) is 0 Å². The predicted octanol–water partition coefficient (Wildman–Crippen LogP) is 0.540. The van der Waals surface area contributed by atoms with E-state index in [1.54, 1.807) is 7.11 Å². The van der Waals surface area contributed by atoms with Crippen LogP contribution in [0.15, 0.2) is 0 Å². The second-order valence-corrected chi connectivity index (χ2v) is 4.11. The van der Waals surface area contributed by atoms with Gasteiger partial charge in [-0.2, -0.15) is 0 Å². The minimum absolute atomic E-state index is 0.0415. The largest absolute Gasteiger partial charge is 0.390 e.